The molecule has 1 aromatic rings. The highest BCUT2D eigenvalue weighted by atomic mass is 16.5. The number of hydrogen-bond acceptors (Lipinski definition) is 4. The number of anilines is 1. The van der Waals surface area contributed by atoms with E-state index in [4.69, 9.17) is 4.74 Å². The molecule has 0 saturated carbocycles. The molecule has 0 unspecified atom stereocenters. The highest BCUT2D eigenvalue weighted by molar-refractivity contribution is 6.00. The molecule has 6 nitrogen and oxygen atoms in total. The van der Waals surface area contributed by atoms with Crippen LogP contribution >= 0.6 is 0 Å². The standard InChI is InChI=1S/C21H28N2O4/c1-4-27-21(26)16-6-5-7-22(12-16)20(25)17-11-19(24)23(13-17)18-9-14(2)8-15(3)10-18/h8-10,16-17H,4-7,11-13H2,1-3H3/t16-,17-/m1/s1. The van der Waals surface area contributed by atoms with Crippen molar-refractivity contribution in [2.24, 2.45) is 11.8 Å². The summed E-state index contributed by atoms with van der Waals surface area (Å²) in [5.74, 6) is -0.870. The molecule has 2 aliphatic rings. The Morgan fingerprint density at radius 1 is 1.11 bits per heavy atom. The van der Waals surface area contributed by atoms with Crippen LogP contribution in [0.3, 0.4) is 0 Å². The minimum atomic E-state index is -0.348. The summed E-state index contributed by atoms with van der Waals surface area (Å²) >= 11 is 0. The molecule has 2 amide bonds. The van der Waals surface area contributed by atoms with Crippen LogP contribution in [-0.4, -0.2) is 48.9 Å². The van der Waals surface area contributed by atoms with Crippen molar-refractivity contribution < 1.29 is 19.1 Å². The van der Waals surface area contributed by atoms with Crippen molar-refractivity contribution in [3.05, 3.63) is 29.3 Å². The third-order valence-electron chi connectivity index (χ3n) is 5.35. The number of rotatable bonds is 4. The van der Waals surface area contributed by atoms with Crippen LogP contribution < -0.4 is 4.90 Å². The second-order valence-electron chi connectivity index (χ2n) is 7.63. The maximum absolute atomic E-state index is 13.0. The zero-order chi connectivity index (χ0) is 19.6. The lowest BCUT2D eigenvalue weighted by Crippen LogP contribution is -2.45. The van der Waals surface area contributed by atoms with Crippen molar-refractivity contribution in [1.82, 2.24) is 4.90 Å². The summed E-state index contributed by atoms with van der Waals surface area (Å²) in [6, 6.07) is 6.03. The number of benzene rings is 1. The summed E-state index contributed by atoms with van der Waals surface area (Å²) in [4.78, 5) is 41.0. The second-order valence-corrected chi connectivity index (χ2v) is 7.63. The predicted octanol–water partition coefficient (Wildman–Crippen LogP) is 2.46. The molecule has 0 N–H and O–H groups in total. The molecule has 1 aromatic carbocycles. The average Bonchev–Trinajstić information content (AvgIpc) is 3.02. The summed E-state index contributed by atoms with van der Waals surface area (Å²) in [5, 5.41) is 0. The van der Waals surface area contributed by atoms with Crippen LogP contribution in [0.2, 0.25) is 0 Å². The lowest BCUT2D eigenvalue weighted by atomic mass is 9.96. The molecule has 146 valence electrons. The summed E-state index contributed by atoms with van der Waals surface area (Å²) in [6.07, 6.45) is 1.77. The van der Waals surface area contributed by atoms with Crippen LogP contribution in [0.1, 0.15) is 37.3 Å². The smallest absolute Gasteiger partial charge is 0.310 e. The third-order valence-corrected chi connectivity index (χ3v) is 5.35. The molecule has 0 spiro atoms. The number of ether oxygens (including phenoxy) is 1. The number of likely N-dealkylation sites (tertiary alicyclic amines) is 1. The fraction of sp³-hybridized carbons (Fsp3) is 0.571. The van der Waals surface area contributed by atoms with Crippen molar-refractivity contribution in [3.8, 4) is 0 Å². The van der Waals surface area contributed by atoms with Gasteiger partial charge in [-0.1, -0.05) is 6.07 Å². The van der Waals surface area contributed by atoms with E-state index in [0.717, 1.165) is 29.7 Å². The molecule has 6 heteroatoms. The Labute approximate surface area is 160 Å². The Hall–Kier alpha value is -2.37. The van der Waals surface area contributed by atoms with Gasteiger partial charge in [-0.2, -0.15) is 0 Å². The second kappa shape index (κ2) is 8.11. The molecule has 0 radical (unpaired) electrons. The first-order valence-corrected chi connectivity index (χ1v) is 9.73. The Bertz CT molecular complexity index is 725. The number of carbonyl (C=O) groups excluding carboxylic acids is 3. The highest BCUT2D eigenvalue weighted by Gasteiger charge is 2.39. The van der Waals surface area contributed by atoms with Crippen LogP contribution in [-0.2, 0) is 19.1 Å². The van der Waals surface area contributed by atoms with Crippen molar-refractivity contribution in [1.29, 1.82) is 0 Å². The maximum Gasteiger partial charge on any atom is 0.310 e. The first-order valence-electron chi connectivity index (χ1n) is 9.73. The summed E-state index contributed by atoms with van der Waals surface area (Å²) < 4.78 is 5.11. The van der Waals surface area contributed by atoms with Crippen molar-refractivity contribution in [3.63, 3.8) is 0 Å². The van der Waals surface area contributed by atoms with Gasteiger partial charge in [-0.25, -0.2) is 0 Å². The molecular formula is C21H28N2O4. The monoisotopic (exact) mass is 372 g/mol. The van der Waals surface area contributed by atoms with E-state index in [-0.39, 0.29) is 36.0 Å². The number of amides is 2. The molecule has 27 heavy (non-hydrogen) atoms. The molecule has 2 aliphatic heterocycles. The van der Waals surface area contributed by atoms with Gasteiger partial charge in [-0.15, -0.1) is 0 Å². The van der Waals surface area contributed by atoms with Gasteiger partial charge in [0.1, 0.15) is 0 Å². The van der Waals surface area contributed by atoms with E-state index in [1.807, 2.05) is 26.0 Å². The maximum atomic E-state index is 13.0. The van der Waals surface area contributed by atoms with Crippen LogP contribution in [0.15, 0.2) is 18.2 Å². The fourth-order valence-electron chi connectivity index (χ4n) is 4.12. The molecule has 0 aromatic heterocycles. The van der Waals surface area contributed by atoms with Gasteiger partial charge in [-0.05, 0) is 56.9 Å². The normalized spacial score (nSPS) is 22.9. The number of hydrogen-bond donors (Lipinski definition) is 0. The van der Waals surface area contributed by atoms with Crippen LogP contribution in [0.5, 0.6) is 0 Å². The number of nitrogens with zero attached hydrogens (tertiary/aromatic N) is 2. The first-order chi connectivity index (χ1) is 12.9. The molecule has 0 aliphatic carbocycles. The minimum Gasteiger partial charge on any atom is -0.466 e. The van der Waals surface area contributed by atoms with E-state index < -0.39 is 0 Å². The quantitative estimate of drug-likeness (QED) is 0.762. The third kappa shape index (κ3) is 4.31. The zero-order valence-electron chi connectivity index (χ0n) is 16.4. The highest BCUT2D eigenvalue weighted by Crippen LogP contribution is 2.29. The number of aryl methyl sites for hydroxylation is 2. The van der Waals surface area contributed by atoms with Gasteiger partial charge in [-0.3, -0.25) is 14.4 Å². The molecule has 2 fully saturated rings. The van der Waals surface area contributed by atoms with E-state index in [9.17, 15) is 14.4 Å². The van der Waals surface area contributed by atoms with Crippen molar-refractivity contribution >= 4 is 23.5 Å². The predicted molar refractivity (Wildman–Crippen MR) is 102 cm³/mol. The van der Waals surface area contributed by atoms with Crippen molar-refractivity contribution in [2.75, 3.05) is 31.1 Å². The SMILES string of the molecule is CCOC(=O)[C@@H]1CCCN(C(=O)[C@@H]2CC(=O)N(c3cc(C)cc(C)c3)C2)C1. The molecule has 2 saturated heterocycles. The van der Waals surface area contributed by atoms with Gasteiger partial charge in [0.15, 0.2) is 0 Å². The zero-order valence-corrected chi connectivity index (χ0v) is 16.4. The van der Waals surface area contributed by atoms with Gasteiger partial charge in [0.2, 0.25) is 11.8 Å². The van der Waals surface area contributed by atoms with Gasteiger partial charge >= 0.3 is 5.97 Å². The van der Waals surface area contributed by atoms with Crippen LogP contribution in [0.4, 0.5) is 5.69 Å². The summed E-state index contributed by atoms with van der Waals surface area (Å²) in [5.41, 5.74) is 3.05. The molecule has 2 heterocycles. The van der Waals surface area contributed by atoms with Gasteiger partial charge < -0.3 is 14.5 Å². The first kappa shape index (κ1) is 19.4. The average molecular weight is 372 g/mol. The molecule has 2 atom stereocenters. The van der Waals surface area contributed by atoms with Crippen LogP contribution in [0, 0.1) is 25.7 Å². The Balaban J connectivity index is 1.67. The Morgan fingerprint density at radius 2 is 1.81 bits per heavy atom. The fourth-order valence-corrected chi connectivity index (χ4v) is 4.12. The lowest BCUT2D eigenvalue weighted by Gasteiger charge is -2.33. The molecule has 0 bridgehead atoms. The van der Waals surface area contributed by atoms with Crippen LogP contribution in [0.25, 0.3) is 0 Å². The van der Waals surface area contributed by atoms with Gasteiger partial charge in [0, 0.05) is 31.7 Å². The topological polar surface area (TPSA) is 66.9 Å². The molecular weight excluding hydrogens is 344 g/mol. The summed E-state index contributed by atoms with van der Waals surface area (Å²) in [7, 11) is 0. The molecule has 3 rings (SSSR count). The van der Waals surface area contributed by atoms with E-state index >= 15 is 0 Å². The minimum absolute atomic E-state index is 0.0164. The Morgan fingerprint density at radius 3 is 2.48 bits per heavy atom. The number of carbonyl (C=O) groups is 3. The van der Waals surface area contributed by atoms with E-state index in [2.05, 4.69) is 6.07 Å². The number of esters is 1. The van der Waals surface area contributed by atoms with E-state index in [1.165, 1.54) is 0 Å². The summed E-state index contributed by atoms with van der Waals surface area (Å²) in [6.45, 7) is 7.59. The van der Waals surface area contributed by atoms with Gasteiger partial charge in [0.25, 0.3) is 0 Å². The largest absolute Gasteiger partial charge is 0.466 e. The number of piperidine rings is 1. The van der Waals surface area contributed by atoms with Gasteiger partial charge in [0.05, 0.1) is 18.4 Å². The van der Waals surface area contributed by atoms with E-state index in [0.29, 0.717) is 26.2 Å². The Kier molecular flexibility index (Phi) is 5.82. The van der Waals surface area contributed by atoms with E-state index in [1.54, 1.807) is 16.7 Å². The lowest BCUT2D eigenvalue weighted by molar-refractivity contribution is -0.152. The van der Waals surface area contributed by atoms with Crippen molar-refractivity contribution in [2.45, 2.75) is 40.0 Å².